The van der Waals surface area contributed by atoms with E-state index >= 15 is 0 Å². The summed E-state index contributed by atoms with van der Waals surface area (Å²) < 4.78 is 0. The van der Waals surface area contributed by atoms with E-state index in [1.165, 1.54) is 51.5 Å². The molecule has 1 saturated carbocycles. The van der Waals surface area contributed by atoms with Crippen molar-refractivity contribution in [1.29, 1.82) is 0 Å². The summed E-state index contributed by atoms with van der Waals surface area (Å²) in [6, 6.07) is 0. The average molecular weight is 499 g/mol. The first-order chi connectivity index (χ1) is 17.2. The molecule has 2 amide bonds. The smallest absolute Gasteiger partial charge is 0.243 e. The normalized spacial score (nSPS) is 14.5. The number of amides is 2. The monoisotopic (exact) mass is 498 g/mol. The molecule has 0 aromatic rings. The highest BCUT2D eigenvalue weighted by Crippen LogP contribution is 2.21. The molecule has 7 N–H and O–H groups in total. The highest BCUT2D eigenvalue weighted by Gasteiger charge is 2.11. The summed E-state index contributed by atoms with van der Waals surface area (Å²) in [4.78, 5) is 22.6. The maximum Gasteiger partial charge on any atom is 0.243 e. The Hall–Kier alpha value is -1.26. The fourth-order valence-electron chi connectivity index (χ4n) is 4.42. The quantitative estimate of drug-likeness (QED) is 0.0497. The molecule has 0 aromatic heterocycles. The van der Waals surface area contributed by atoms with Crippen molar-refractivity contribution in [2.24, 2.45) is 5.92 Å². The minimum atomic E-state index is -0.405. The van der Waals surface area contributed by atoms with Gasteiger partial charge in [-0.1, -0.05) is 25.7 Å². The first kappa shape index (κ1) is 31.8. The van der Waals surface area contributed by atoms with Gasteiger partial charge in [0.25, 0.3) is 0 Å². The molecule has 1 aliphatic carbocycles. The number of hydrogen-bond donors (Lipinski definition) is 7. The van der Waals surface area contributed by atoms with E-state index in [0.717, 1.165) is 71.0 Å². The van der Waals surface area contributed by atoms with Gasteiger partial charge in [-0.25, -0.2) is 5.48 Å². The van der Waals surface area contributed by atoms with Crippen LogP contribution in [0.2, 0.25) is 0 Å². The first-order valence-corrected chi connectivity index (χ1v) is 14.2. The Bertz CT molecular complexity index is 501. The third-order valence-corrected chi connectivity index (χ3v) is 6.56. The summed E-state index contributed by atoms with van der Waals surface area (Å²) in [5, 5.41) is 25.4. The molecule has 0 atom stereocenters. The average Bonchev–Trinajstić information content (AvgIpc) is 3.14. The molecule has 9 nitrogen and oxygen atoms in total. The number of rotatable bonds is 23. The van der Waals surface area contributed by atoms with Gasteiger partial charge in [-0.3, -0.25) is 14.8 Å². The van der Waals surface area contributed by atoms with Crippen LogP contribution in [0.4, 0.5) is 0 Å². The molecule has 0 aromatic carbocycles. The van der Waals surface area contributed by atoms with Crippen LogP contribution in [-0.4, -0.2) is 75.9 Å². The number of unbranched alkanes of at least 4 members (excludes halogenated alkanes) is 1. The Labute approximate surface area is 213 Å². The number of carbonyl (C=O) groups is 2. The van der Waals surface area contributed by atoms with Crippen molar-refractivity contribution < 1.29 is 14.8 Å². The number of hydroxylamine groups is 1. The van der Waals surface area contributed by atoms with Crippen molar-refractivity contribution >= 4 is 11.8 Å². The summed E-state index contributed by atoms with van der Waals surface area (Å²) in [6.45, 7) is 9.18. The zero-order valence-electron chi connectivity index (χ0n) is 22.1. The standard InChI is InChI=1S/C26H54N6O3/c33-25(13-5-6-14-26(34)32-35)31-22-10-20-29-18-8-16-27-15-7-17-28-19-9-21-30-23-24-11-3-1-2-4-12-24/h24,27-30,35H,1-23H2,(H,31,33)(H,32,34). The largest absolute Gasteiger partial charge is 0.356 e. The van der Waals surface area contributed by atoms with Gasteiger partial charge in [0.1, 0.15) is 0 Å². The van der Waals surface area contributed by atoms with E-state index in [9.17, 15) is 9.59 Å². The Morgan fingerprint density at radius 2 is 1.03 bits per heavy atom. The topological polar surface area (TPSA) is 127 Å². The number of hydrogen-bond acceptors (Lipinski definition) is 7. The van der Waals surface area contributed by atoms with Gasteiger partial charge in [0.15, 0.2) is 0 Å². The van der Waals surface area contributed by atoms with Crippen LogP contribution in [0.25, 0.3) is 0 Å². The molecule has 206 valence electrons. The van der Waals surface area contributed by atoms with Crippen LogP contribution < -0.4 is 32.1 Å². The van der Waals surface area contributed by atoms with E-state index in [2.05, 4.69) is 26.6 Å². The van der Waals surface area contributed by atoms with Crippen LogP contribution in [0.3, 0.4) is 0 Å². The van der Waals surface area contributed by atoms with Crippen molar-refractivity contribution in [1.82, 2.24) is 32.1 Å². The van der Waals surface area contributed by atoms with Gasteiger partial charge < -0.3 is 26.6 Å². The summed E-state index contributed by atoms with van der Waals surface area (Å²) in [7, 11) is 0. The Morgan fingerprint density at radius 1 is 0.571 bits per heavy atom. The van der Waals surface area contributed by atoms with Gasteiger partial charge in [-0.05, 0) is 110 Å². The van der Waals surface area contributed by atoms with Crippen LogP contribution in [0.15, 0.2) is 0 Å². The summed E-state index contributed by atoms with van der Waals surface area (Å²) >= 11 is 0. The number of carbonyl (C=O) groups excluding carboxylic acids is 2. The summed E-state index contributed by atoms with van der Waals surface area (Å²) in [5.41, 5.74) is 1.59. The highest BCUT2D eigenvalue weighted by atomic mass is 16.5. The van der Waals surface area contributed by atoms with E-state index < -0.39 is 5.91 Å². The van der Waals surface area contributed by atoms with Crippen LogP contribution in [-0.2, 0) is 9.59 Å². The third-order valence-electron chi connectivity index (χ3n) is 6.56. The molecule has 0 aliphatic heterocycles. The minimum absolute atomic E-state index is 0.0229. The van der Waals surface area contributed by atoms with Crippen molar-refractivity contribution in [3.63, 3.8) is 0 Å². The molecule has 1 aliphatic rings. The second-order valence-corrected chi connectivity index (χ2v) is 9.82. The van der Waals surface area contributed by atoms with E-state index in [1.54, 1.807) is 5.48 Å². The van der Waals surface area contributed by atoms with Crippen molar-refractivity contribution in [3.8, 4) is 0 Å². The summed E-state index contributed by atoms with van der Waals surface area (Å²) in [6.07, 6.45) is 14.9. The van der Waals surface area contributed by atoms with Gasteiger partial charge >= 0.3 is 0 Å². The maximum absolute atomic E-state index is 11.7. The molecule has 0 unspecified atom stereocenters. The van der Waals surface area contributed by atoms with E-state index in [1.807, 2.05) is 0 Å². The van der Waals surface area contributed by atoms with Gasteiger partial charge in [0, 0.05) is 19.4 Å². The second-order valence-electron chi connectivity index (χ2n) is 9.82. The van der Waals surface area contributed by atoms with Crippen molar-refractivity contribution in [3.05, 3.63) is 0 Å². The van der Waals surface area contributed by atoms with Gasteiger partial charge in [-0.15, -0.1) is 0 Å². The predicted molar refractivity (Wildman–Crippen MR) is 143 cm³/mol. The molecule has 0 bridgehead atoms. The van der Waals surface area contributed by atoms with Gasteiger partial charge in [-0.2, -0.15) is 0 Å². The van der Waals surface area contributed by atoms with Crippen molar-refractivity contribution in [2.75, 3.05) is 58.9 Å². The lowest BCUT2D eigenvalue weighted by Crippen LogP contribution is -2.29. The lowest BCUT2D eigenvalue weighted by molar-refractivity contribution is -0.129. The zero-order valence-corrected chi connectivity index (χ0v) is 22.1. The third kappa shape index (κ3) is 21.7. The molecular formula is C26H54N6O3. The van der Waals surface area contributed by atoms with Crippen LogP contribution in [0, 0.1) is 5.92 Å². The molecule has 1 fully saturated rings. The van der Waals surface area contributed by atoms with E-state index in [4.69, 9.17) is 5.21 Å². The second kappa shape index (κ2) is 24.4. The molecule has 35 heavy (non-hydrogen) atoms. The van der Waals surface area contributed by atoms with Crippen LogP contribution >= 0.6 is 0 Å². The Balaban J connectivity index is 1.70. The van der Waals surface area contributed by atoms with Gasteiger partial charge in [0.05, 0.1) is 0 Å². The van der Waals surface area contributed by atoms with Crippen LogP contribution in [0.1, 0.15) is 89.9 Å². The van der Waals surface area contributed by atoms with E-state index in [0.29, 0.717) is 25.8 Å². The molecule has 0 saturated heterocycles. The lowest BCUT2D eigenvalue weighted by atomic mass is 10.0. The SMILES string of the molecule is O=C(CCCCC(=O)NCCCNCCCNCCCNCCCNCC1CCCCCC1)NO. The Kier molecular flexibility index (Phi) is 22.2. The predicted octanol–water partition coefficient (Wildman–Crippen LogP) is 2.06. The number of nitrogens with one attached hydrogen (secondary N) is 6. The first-order valence-electron chi connectivity index (χ1n) is 14.2. The molecule has 0 spiro atoms. The molecule has 9 heteroatoms. The maximum atomic E-state index is 11.7. The molecular weight excluding hydrogens is 444 g/mol. The lowest BCUT2D eigenvalue weighted by Gasteiger charge is -2.14. The zero-order chi connectivity index (χ0) is 25.2. The van der Waals surface area contributed by atoms with Crippen molar-refractivity contribution in [2.45, 2.75) is 89.9 Å². The van der Waals surface area contributed by atoms with Gasteiger partial charge in [0.2, 0.25) is 11.8 Å². The van der Waals surface area contributed by atoms with Crippen LogP contribution in [0.5, 0.6) is 0 Å². The Morgan fingerprint density at radius 3 is 1.54 bits per heavy atom. The molecule has 0 heterocycles. The fraction of sp³-hybridized carbons (Fsp3) is 0.923. The summed E-state index contributed by atoms with van der Waals surface area (Å²) in [5.74, 6) is 0.532. The highest BCUT2D eigenvalue weighted by molar-refractivity contribution is 5.76. The minimum Gasteiger partial charge on any atom is -0.356 e. The fourth-order valence-corrected chi connectivity index (χ4v) is 4.42. The molecule has 1 rings (SSSR count). The van der Waals surface area contributed by atoms with E-state index in [-0.39, 0.29) is 12.3 Å². The molecule has 0 radical (unpaired) electrons.